The number of rotatable bonds is 3. The standard InChI is InChI=1S/C21H23N5O3/c1-12-14(4-3-5-16(12)22)17-8-13-9-18(24-10-15(13)19(23)25-17)26-20(27)29-21(2)6-7-28-11-21/h3-5,8-10H,6-7,11,22H2,1-2H3,(H2,23,25)(H,24,26,27)/t21-/m1/s1. The quantitative estimate of drug-likeness (QED) is 0.582. The second kappa shape index (κ2) is 7.21. The maximum atomic E-state index is 12.3. The summed E-state index contributed by atoms with van der Waals surface area (Å²) in [6.45, 7) is 4.75. The highest BCUT2D eigenvalue weighted by molar-refractivity contribution is 5.96. The van der Waals surface area contributed by atoms with Gasteiger partial charge in [0.05, 0.1) is 18.9 Å². The van der Waals surface area contributed by atoms with Gasteiger partial charge in [-0.05, 0) is 43.0 Å². The molecule has 1 saturated heterocycles. The maximum absolute atomic E-state index is 12.3. The van der Waals surface area contributed by atoms with Gasteiger partial charge in [-0.1, -0.05) is 12.1 Å². The molecule has 3 heterocycles. The van der Waals surface area contributed by atoms with E-state index in [2.05, 4.69) is 15.3 Å². The van der Waals surface area contributed by atoms with E-state index in [9.17, 15) is 4.79 Å². The van der Waals surface area contributed by atoms with E-state index in [1.54, 1.807) is 12.3 Å². The first-order valence-corrected chi connectivity index (χ1v) is 9.34. The van der Waals surface area contributed by atoms with Crippen LogP contribution in [0.2, 0.25) is 0 Å². The third-order valence-electron chi connectivity index (χ3n) is 5.15. The van der Waals surface area contributed by atoms with E-state index in [0.29, 0.717) is 48.0 Å². The molecule has 0 bridgehead atoms. The number of carbonyl (C=O) groups excluding carboxylic acids is 1. The molecule has 0 unspecified atom stereocenters. The molecule has 4 rings (SSSR count). The van der Waals surface area contributed by atoms with Crippen LogP contribution in [0.15, 0.2) is 36.5 Å². The van der Waals surface area contributed by atoms with Gasteiger partial charge in [-0.25, -0.2) is 14.8 Å². The fourth-order valence-corrected chi connectivity index (χ4v) is 3.39. The number of nitrogens with one attached hydrogen (secondary N) is 1. The van der Waals surface area contributed by atoms with Crippen molar-refractivity contribution >= 4 is 34.2 Å². The van der Waals surface area contributed by atoms with Gasteiger partial charge in [-0.3, -0.25) is 5.32 Å². The summed E-state index contributed by atoms with van der Waals surface area (Å²) in [5.74, 6) is 0.724. The molecule has 1 atom stereocenters. The van der Waals surface area contributed by atoms with Crippen molar-refractivity contribution in [3.05, 3.63) is 42.1 Å². The highest BCUT2D eigenvalue weighted by Crippen LogP contribution is 2.31. The number of amides is 1. The van der Waals surface area contributed by atoms with Crippen molar-refractivity contribution in [2.45, 2.75) is 25.9 Å². The lowest BCUT2D eigenvalue weighted by Crippen LogP contribution is -2.34. The molecule has 1 fully saturated rings. The summed E-state index contributed by atoms with van der Waals surface area (Å²) in [4.78, 5) is 21.0. The zero-order valence-corrected chi connectivity index (χ0v) is 16.4. The average Bonchev–Trinajstić information content (AvgIpc) is 3.09. The summed E-state index contributed by atoms with van der Waals surface area (Å²) in [6.07, 6.45) is 1.68. The van der Waals surface area contributed by atoms with Crippen LogP contribution in [0.1, 0.15) is 18.9 Å². The van der Waals surface area contributed by atoms with Crippen LogP contribution < -0.4 is 16.8 Å². The summed E-state index contributed by atoms with van der Waals surface area (Å²) in [6, 6.07) is 9.31. The summed E-state index contributed by atoms with van der Waals surface area (Å²) >= 11 is 0. The molecule has 150 valence electrons. The number of aromatic nitrogens is 2. The van der Waals surface area contributed by atoms with Gasteiger partial charge in [0, 0.05) is 29.3 Å². The number of hydrogen-bond donors (Lipinski definition) is 3. The Labute approximate surface area is 168 Å². The summed E-state index contributed by atoms with van der Waals surface area (Å²) in [5, 5.41) is 4.18. The van der Waals surface area contributed by atoms with E-state index in [-0.39, 0.29) is 0 Å². The second-order valence-corrected chi connectivity index (χ2v) is 7.47. The van der Waals surface area contributed by atoms with E-state index in [1.165, 1.54) is 0 Å². The molecule has 5 N–H and O–H groups in total. The Morgan fingerprint density at radius 2 is 2.14 bits per heavy atom. The Morgan fingerprint density at radius 3 is 2.90 bits per heavy atom. The normalized spacial score (nSPS) is 18.7. The smallest absolute Gasteiger partial charge is 0.413 e. The van der Waals surface area contributed by atoms with E-state index < -0.39 is 11.7 Å². The van der Waals surface area contributed by atoms with Crippen LogP contribution in [0.5, 0.6) is 0 Å². The number of nitrogens with two attached hydrogens (primary N) is 2. The van der Waals surface area contributed by atoms with Gasteiger partial charge in [-0.15, -0.1) is 0 Å². The number of ether oxygens (including phenoxy) is 2. The molecule has 1 aliphatic heterocycles. The lowest BCUT2D eigenvalue weighted by molar-refractivity contribution is 0.0241. The highest BCUT2D eigenvalue weighted by atomic mass is 16.6. The molecule has 8 heteroatoms. The molecule has 0 saturated carbocycles. The fourth-order valence-electron chi connectivity index (χ4n) is 3.39. The highest BCUT2D eigenvalue weighted by Gasteiger charge is 2.33. The SMILES string of the molecule is Cc1c(N)cccc1-c1cc2cc(NC(=O)O[C@]3(C)CCOC3)ncc2c(N)n1. The second-order valence-electron chi connectivity index (χ2n) is 7.47. The lowest BCUT2D eigenvalue weighted by Gasteiger charge is -2.22. The number of anilines is 3. The Balaban J connectivity index is 1.64. The number of pyridine rings is 2. The van der Waals surface area contributed by atoms with Crippen LogP contribution in [-0.4, -0.2) is 34.9 Å². The van der Waals surface area contributed by atoms with E-state index in [1.807, 2.05) is 38.1 Å². The zero-order valence-electron chi connectivity index (χ0n) is 16.4. The van der Waals surface area contributed by atoms with Crippen LogP contribution in [0, 0.1) is 6.92 Å². The van der Waals surface area contributed by atoms with Crippen molar-refractivity contribution < 1.29 is 14.3 Å². The largest absolute Gasteiger partial charge is 0.440 e. The Kier molecular flexibility index (Phi) is 4.71. The Hall–Kier alpha value is -3.39. The van der Waals surface area contributed by atoms with Gasteiger partial charge in [0.15, 0.2) is 0 Å². The molecule has 29 heavy (non-hydrogen) atoms. The topological polar surface area (TPSA) is 125 Å². The predicted molar refractivity (Wildman–Crippen MR) is 112 cm³/mol. The Bertz CT molecular complexity index is 1090. The first kappa shape index (κ1) is 18.9. The van der Waals surface area contributed by atoms with Gasteiger partial charge in [0.2, 0.25) is 0 Å². The van der Waals surface area contributed by atoms with Crippen molar-refractivity contribution in [3.63, 3.8) is 0 Å². The van der Waals surface area contributed by atoms with Gasteiger partial charge >= 0.3 is 6.09 Å². The van der Waals surface area contributed by atoms with Gasteiger partial charge in [0.25, 0.3) is 0 Å². The summed E-state index contributed by atoms with van der Waals surface area (Å²) in [7, 11) is 0. The van der Waals surface area contributed by atoms with Gasteiger partial charge < -0.3 is 20.9 Å². The molecule has 2 aromatic heterocycles. The van der Waals surface area contributed by atoms with Crippen LogP contribution >= 0.6 is 0 Å². The monoisotopic (exact) mass is 393 g/mol. The van der Waals surface area contributed by atoms with Crippen LogP contribution in [0.3, 0.4) is 0 Å². The minimum Gasteiger partial charge on any atom is -0.440 e. The minimum atomic E-state index is -0.618. The number of benzene rings is 1. The number of nitrogens with zero attached hydrogens (tertiary/aromatic N) is 2. The molecule has 0 radical (unpaired) electrons. The molecular weight excluding hydrogens is 370 g/mol. The molecule has 0 aliphatic carbocycles. The summed E-state index contributed by atoms with van der Waals surface area (Å²) < 4.78 is 10.8. The third kappa shape index (κ3) is 3.79. The van der Waals surface area contributed by atoms with Crippen LogP contribution in [-0.2, 0) is 9.47 Å². The van der Waals surface area contributed by atoms with E-state index in [4.69, 9.17) is 20.9 Å². The lowest BCUT2D eigenvalue weighted by atomic mass is 10.0. The maximum Gasteiger partial charge on any atom is 0.413 e. The first-order valence-electron chi connectivity index (χ1n) is 9.34. The van der Waals surface area contributed by atoms with Crippen molar-refractivity contribution in [2.24, 2.45) is 0 Å². The van der Waals surface area contributed by atoms with Crippen molar-refractivity contribution in [1.29, 1.82) is 0 Å². The van der Waals surface area contributed by atoms with Crippen molar-refractivity contribution in [3.8, 4) is 11.3 Å². The molecular formula is C21H23N5O3. The van der Waals surface area contributed by atoms with Crippen molar-refractivity contribution in [2.75, 3.05) is 30.0 Å². The molecule has 1 aliphatic rings. The first-order chi connectivity index (χ1) is 13.8. The molecule has 1 aromatic carbocycles. The molecule has 1 amide bonds. The number of carbonyl (C=O) groups is 1. The molecule has 3 aromatic rings. The zero-order chi connectivity index (χ0) is 20.6. The summed E-state index contributed by atoms with van der Waals surface area (Å²) in [5.41, 5.74) is 14.8. The molecule has 0 spiro atoms. The number of hydrogen-bond acceptors (Lipinski definition) is 7. The minimum absolute atomic E-state index is 0.358. The van der Waals surface area contributed by atoms with Crippen molar-refractivity contribution in [1.82, 2.24) is 9.97 Å². The van der Waals surface area contributed by atoms with E-state index >= 15 is 0 Å². The van der Waals surface area contributed by atoms with Crippen LogP contribution in [0.25, 0.3) is 22.0 Å². The van der Waals surface area contributed by atoms with Crippen LogP contribution in [0.4, 0.5) is 22.1 Å². The number of nitrogen functional groups attached to an aromatic ring is 2. The third-order valence-corrected chi connectivity index (χ3v) is 5.15. The Morgan fingerprint density at radius 1 is 1.31 bits per heavy atom. The molecule has 8 nitrogen and oxygen atoms in total. The van der Waals surface area contributed by atoms with Gasteiger partial charge in [0.1, 0.15) is 17.2 Å². The fraction of sp³-hybridized carbons (Fsp3) is 0.286. The van der Waals surface area contributed by atoms with Gasteiger partial charge in [-0.2, -0.15) is 0 Å². The number of fused-ring (bicyclic) bond motifs is 1. The average molecular weight is 393 g/mol. The van der Waals surface area contributed by atoms with E-state index in [0.717, 1.165) is 16.5 Å². The predicted octanol–water partition coefficient (Wildman–Crippen LogP) is 3.50.